The fraction of sp³-hybridized carbons (Fsp3) is 0.158. The number of hydrogen-bond donors (Lipinski definition) is 1. The molecule has 1 aliphatic rings. The minimum absolute atomic E-state index is 0.215. The van der Waals surface area contributed by atoms with E-state index in [1.807, 2.05) is 0 Å². The van der Waals surface area contributed by atoms with E-state index in [0.717, 1.165) is 34.0 Å². The molecule has 0 bridgehead atoms. The molecule has 0 radical (unpaired) electrons. The molecule has 3 rings (SSSR count). The Kier molecular flexibility index (Phi) is 4.88. The zero-order chi connectivity index (χ0) is 18.1. The number of carbonyl (C=O) groups is 2. The van der Waals surface area contributed by atoms with Gasteiger partial charge in [0.1, 0.15) is 5.75 Å². The first-order valence-corrected chi connectivity index (χ1v) is 8.84. The molecule has 0 aliphatic carbocycles. The van der Waals surface area contributed by atoms with E-state index in [9.17, 15) is 14.7 Å². The van der Waals surface area contributed by atoms with Gasteiger partial charge in [-0.05, 0) is 78.2 Å². The average Bonchev–Trinajstić information content (AvgIpc) is 2.82. The predicted octanol–water partition coefficient (Wildman–Crippen LogP) is 4.90. The third kappa shape index (κ3) is 3.72. The number of hydrogen-bond acceptors (Lipinski definition) is 4. The molecule has 128 valence electrons. The first kappa shape index (κ1) is 17.6. The molecule has 0 spiro atoms. The van der Waals surface area contributed by atoms with Crippen LogP contribution in [-0.2, 0) is 11.3 Å². The van der Waals surface area contributed by atoms with Crippen LogP contribution < -0.4 is 0 Å². The molecular weight excluding hydrogens is 358 g/mol. The van der Waals surface area contributed by atoms with Gasteiger partial charge in [-0.2, -0.15) is 0 Å². The lowest BCUT2D eigenvalue weighted by atomic mass is 10.1. The van der Waals surface area contributed by atoms with Gasteiger partial charge in [-0.1, -0.05) is 23.7 Å². The smallest absolute Gasteiger partial charge is 0.293 e. The summed E-state index contributed by atoms with van der Waals surface area (Å²) in [5.41, 5.74) is 3.08. The van der Waals surface area contributed by atoms with Crippen molar-refractivity contribution in [2.45, 2.75) is 20.4 Å². The van der Waals surface area contributed by atoms with Crippen LogP contribution in [0.3, 0.4) is 0 Å². The van der Waals surface area contributed by atoms with Gasteiger partial charge in [-0.15, -0.1) is 0 Å². The van der Waals surface area contributed by atoms with Crippen molar-refractivity contribution < 1.29 is 14.7 Å². The molecular formula is C19H16ClNO3S. The van der Waals surface area contributed by atoms with Crippen molar-refractivity contribution in [2.24, 2.45) is 0 Å². The summed E-state index contributed by atoms with van der Waals surface area (Å²) in [5, 5.41) is 10.2. The van der Waals surface area contributed by atoms with Crippen molar-refractivity contribution in [3.05, 3.63) is 68.6 Å². The van der Waals surface area contributed by atoms with Crippen LogP contribution in [0.1, 0.15) is 22.3 Å². The first-order valence-electron chi connectivity index (χ1n) is 7.65. The standard InChI is InChI=1S/C19H16ClNO3S/c1-11-7-14(8-12(2)17(11)22)9-16-18(23)21(19(24)25-16)10-13-3-5-15(20)6-4-13/h3-9,22H,10H2,1-2H3/b16-9-. The van der Waals surface area contributed by atoms with E-state index >= 15 is 0 Å². The van der Waals surface area contributed by atoms with E-state index < -0.39 is 0 Å². The Bertz CT molecular complexity index is 867. The number of nitrogens with zero attached hydrogens (tertiary/aromatic N) is 1. The second-order valence-corrected chi connectivity index (χ2v) is 7.33. The van der Waals surface area contributed by atoms with Crippen LogP contribution in [0.15, 0.2) is 41.3 Å². The van der Waals surface area contributed by atoms with E-state index in [0.29, 0.717) is 9.93 Å². The molecule has 0 atom stereocenters. The molecule has 1 N–H and O–H groups in total. The van der Waals surface area contributed by atoms with Gasteiger partial charge < -0.3 is 5.11 Å². The van der Waals surface area contributed by atoms with Crippen molar-refractivity contribution in [2.75, 3.05) is 0 Å². The zero-order valence-corrected chi connectivity index (χ0v) is 15.3. The number of rotatable bonds is 3. The Labute approximate surface area is 155 Å². The lowest BCUT2D eigenvalue weighted by molar-refractivity contribution is -0.123. The highest BCUT2D eigenvalue weighted by atomic mass is 35.5. The summed E-state index contributed by atoms with van der Waals surface area (Å²) < 4.78 is 0. The number of imide groups is 1. The summed E-state index contributed by atoms with van der Waals surface area (Å²) in [5.74, 6) is -0.0682. The number of thioether (sulfide) groups is 1. The monoisotopic (exact) mass is 373 g/mol. The summed E-state index contributed by atoms with van der Waals surface area (Å²) in [6.07, 6.45) is 1.69. The molecule has 0 saturated carbocycles. The summed E-state index contributed by atoms with van der Waals surface area (Å²) in [7, 11) is 0. The van der Waals surface area contributed by atoms with Gasteiger partial charge in [0.15, 0.2) is 0 Å². The molecule has 2 aromatic rings. The second-order valence-electron chi connectivity index (χ2n) is 5.90. The van der Waals surface area contributed by atoms with Crippen LogP contribution in [0.25, 0.3) is 6.08 Å². The van der Waals surface area contributed by atoms with Crippen LogP contribution in [0, 0.1) is 13.8 Å². The number of phenolic OH excluding ortho intramolecular Hbond substituents is 1. The highest BCUT2D eigenvalue weighted by Crippen LogP contribution is 2.34. The minimum Gasteiger partial charge on any atom is -0.507 e. The van der Waals surface area contributed by atoms with Gasteiger partial charge in [0.05, 0.1) is 11.4 Å². The Hall–Kier alpha value is -2.24. The van der Waals surface area contributed by atoms with Gasteiger partial charge >= 0.3 is 0 Å². The van der Waals surface area contributed by atoms with Gasteiger partial charge in [0.25, 0.3) is 11.1 Å². The van der Waals surface area contributed by atoms with E-state index in [-0.39, 0.29) is 23.4 Å². The molecule has 1 aliphatic heterocycles. The molecule has 2 amide bonds. The van der Waals surface area contributed by atoms with Crippen LogP contribution in [0.4, 0.5) is 4.79 Å². The fourth-order valence-electron chi connectivity index (χ4n) is 2.63. The lowest BCUT2D eigenvalue weighted by Crippen LogP contribution is -2.27. The van der Waals surface area contributed by atoms with E-state index in [1.165, 1.54) is 4.90 Å². The zero-order valence-electron chi connectivity index (χ0n) is 13.7. The molecule has 25 heavy (non-hydrogen) atoms. The van der Waals surface area contributed by atoms with Gasteiger partial charge in [0, 0.05) is 5.02 Å². The number of aryl methyl sites for hydroxylation is 2. The maximum absolute atomic E-state index is 12.6. The summed E-state index contributed by atoms with van der Waals surface area (Å²) >= 11 is 6.78. The topological polar surface area (TPSA) is 57.6 Å². The van der Waals surface area contributed by atoms with Gasteiger partial charge in [-0.3, -0.25) is 14.5 Å². The number of halogens is 1. The lowest BCUT2D eigenvalue weighted by Gasteiger charge is -2.12. The SMILES string of the molecule is Cc1cc(/C=C2\SC(=O)N(Cc3ccc(Cl)cc3)C2=O)cc(C)c1O. The maximum atomic E-state index is 12.6. The predicted molar refractivity (Wildman–Crippen MR) is 101 cm³/mol. The molecule has 0 aromatic heterocycles. The Morgan fingerprint density at radius 3 is 2.32 bits per heavy atom. The second kappa shape index (κ2) is 6.94. The van der Waals surface area contributed by atoms with Crippen LogP contribution in [0.5, 0.6) is 5.75 Å². The minimum atomic E-state index is -0.312. The van der Waals surface area contributed by atoms with Crippen molar-refractivity contribution in [3.8, 4) is 5.75 Å². The molecule has 1 fully saturated rings. The van der Waals surface area contributed by atoms with Crippen LogP contribution in [0.2, 0.25) is 5.02 Å². The van der Waals surface area contributed by atoms with E-state index in [4.69, 9.17) is 11.6 Å². The number of phenols is 1. The van der Waals surface area contributed by atoms with E-state index in [1.54, 1.807) is 56.3 Å². The summed E-state index contributed by atoms with van der Waals surface area (Å²) in [4.78, 5) is 26.4. The van der Waals surface area contributed by atoms with Crippen LogP contribution in [-0.4, -0.2) is 21.2 Å². The third-order valence-corrected chi connectivity index (χ3v) is 5.10. The molecule has 6 heteroatoms. The molecule has 2 aromatic carbocycles. The number of benzene rings is 2. The third-order valence-electron chi connectivity index (χ3n) is 3.94. The normalized spacial score (nSPS) is 16.1. The Morgan fingerprint density at radius 2 is 1.72 bits per heavy atom. The quantitative estimate of drug-likeness (QED) is 0.777. The summed E-state index contributed by atoms with van der Waals surface area (Å²) in [6, 6.07) is 10.6. The Balaban J connectivity index is 1.84. The molecule has 1 heterocycles. The number of amides is 2. The highest BCUT2D eigenvalue weighted by Gasteiger charge is 2.35. The molecule has 0 unspecified atom stereocenters. The van der Waals surface area contributed by atoms with E-state index in [2.05, 4.69) is 0 Å². The average molecular weight is 374 g/mol. The number of carbonyl (C=O) groups excluding carboxylic acids is 2. The van der Waals surface area contributed by atoms with Gasteiger partial charge in [-0.25, -0.2) is 0 Å². The number of aromatic hydroxyl groups is 1. The first-order chi connectivity index (χ1) is 11.8. The summed E-state index contributed by atoms with van der Waals surface area (Å²) in [6.45, 7) is 3.81. The Morgan fingerprint density at radius 1 is 1.12 bits per heavy atom. The van der Waals surface area contributed by atoms with Crippen LogP contribution >= 0.6 is 23.4 Å². The van der Waals surface area contributed by atoms with Crippen molar-refractivity contribution in [3.63, 3.8) is 0 Å². The maximum Gasteiger partial charge on any atom is 0.293 e. The largest absolute Gasteiger partial charge is 0.507 e. The fourth-order valence-corrected chi connectivity index (χ4v) is 3.60. The van der Waals surface area contributed by atoms with Crippen molar-refractivity contribution in [1.82, 2.24) is 4.90 Å². The van der Waals surface area contributed by atoms with Gasteiger partial charge in [0.2, 0.25) is 0 Å². The molecule has 4 nitrogen and oxygen atoms in total. The molecule has 1 saturated heterocycles. The van der Waals surface area contributed by atoms with Crippen molar-refractivity contribution in [1.29, 1.82) is 0 Å². The highest BCUT2D eigenvalue weighted by molar-refractivity contribution is 8.18. The van der Waals surface area contributed by atoms with Crippen molar-refractivity contribution >= 4 is 40.6 Å².